The lowest BCUT2D eigenvalue weighted by Gasteiger charge is -2.11. The lowest BCUT2D eigenvalue weighted by atomic mass is 10.1. The average Bonchev–Trinajstić information content (AvgIpc) is 2.74. The third-order valence-corrected chi connectivity index (χ3v) is 3.69. The zero-order valence-electron chi connectivity index (χ0n) is 9.42. The van der Waals surface area contributed by atoms with Crippen molar-refractivity contribution in [3.05, 3.63) is 28.2 Å². The molecule has 0 radical (unpaired) electrons. The van der Waals surface area contributed by atoms with Gasteiger partial charge in [0.15, 0.2) is 0 Å². The molecule has 0 saturated heterocycles. The molecular formula is C13H18BrNO. The highest BCUT2D eigenvalue weighted by Gasteiger charge is 2.14. The topological polar surface area (TPSA) is 35.2 Å². The lowest BCUT2D eigenvalue weighted by Crippen LogP contribution is -2.06. The molecule has 16 heavy (non-hydrogen) atoms. The van der Waals surface area contributed by atoms with Crippen molar-refractivity contribution in [2.45, 2.75) is 32.3 Å². The summed E-state index contributed by atoms with van der Waals surface area (Å²) in [6, 6.07) is 5.95. The number of benzene rings is 1. The minimum atomic E-state index is 0.635. The molecule has 2 N–H and O–H groups in total. The second-order valence-corrected chi connectivity index (χ2v) is 5.42. The van der Waals surface area contributed by atoms with Gasteiger partial charge in [0.05, 0.1) is 6.61 Å². The molecule has 88 valence electrons. The van der Waals surface area contributed by atoms with Crippen LogP contribution in [0.15, 0.2) is 22.7 Å². The molecule has 0 heterocycles. The number of hydrogen-bond acceptors (Lipinski definition) is 2. The molecule has 3 heteroatoms. The lowest BCUT2D eigenvalue weighted by molar-refractivity contribution is 0.0892. The van der Waals surface area contributed by atoms with Crippen LogP contribution in [0.4, 0.5) is 5.69 Å². The summed E-state index contributed by atoms with van der Waals surface area (Å²) in [6.45, 7) is 1.52. The maximum Gasteiger partial charge on any atom is 0.0737 e. The van der Waals surface area contributed by atoms with Crippen molar-refractivity contribution in [3.8, 4) is 0 Å². The Morgan fingerprint density at radius 1 is 1.31 bits per heavy atom. The third-order valence-electron chi connectivity index (χ3n) is 3.19. The first-order chi connectivity index (χ1) is 7.75. The number of anilines is 1. The fourth-order valence-electron chi connectivity index (χ4n) is 2.21. The normalized spacial score (nSPS) is 16.8. The predicted octanol–water partition coefficient (Wildman–Crippen LogP) is 3.74. The van der Waals surface area contributed by atoms with Gasteiger partial charge in [-0.3, -0.25) is 0 Å². The highest BCUT2D eigenvalue weighted by molar-refractivity contribution is 9.10. The van der Waals surface area contributed by atoms with Crippen molar-refractivity contribution >= 4 is 21.6 Å². The predicted molar refractivity (Wildman–Crippen MR) is 70.2 cm³/mol. The molecule has 0 unspecified atom stereocenters. The summed E-state index contributed by atoms with van der Waals surface area (Å²) in [5, 5.41) is 0. The van der Waals surface area contributed by atoms with Gasteiger partial charge in [-0.2, -0.15) is 0 Å². The third kappa shape index (κ3) is 3.22. The van der Waals surface area contributed by atoms with Gasteiger partial charge in [0, 0.05) is 22.3 Å². The van der Waals surface area contributed by atoms with E-state index in [1.165, 1.54) is 25.7 Å². The Labute approximate surface area is 105 Å². The molecule has 1 fully saturated rings. The fraction of sp³-hybridized carbons (Fsp3) is 0.538. The molecule has 0 atom stereocenters. The van der Waals surface area contributed by atoms with Crippen LogP contribution in [0.25, 0.3) is 0 Å². The van der Waals surface area contributed by atoms with Crippen molar-refractivity contribution < 1.29 is 4.74 Å². The minimum Gasteiger partial charge on any atom is -0.398 e. The molecule has 2 rings (SSSR count). The van der Waals surface area contributed by atoms with Gasteiger partial charge in [-0.1, -0.05) is 34.8 Å². The van der Waals surface area contributed by atoms with E-state index >= 15 is 0 Å². The Morgan fingerprint density at radius 3 is 2.75 bits per heavy atom. The Kier molecular flexibility index (Phi) is 4.24. The molecule has 1 saturated carbocycles. The monoisotopic (exact) mass is 283 g/mol. The summed E-state index contributed by atoms with van der Waals surface area (Å²) in [7, 11) is 0. The number of ether oxygens (including phenoxy) is 1. The van der Waals surface area contributed by atoms with E-state index in [1.54, 1.807) is 0 Å². The molecule has 0 aliphatic heterocycles. The van der Waals surface area contributed by atoms with Crippen LogP contribution in [0.2, 0.25) is 0 Å². The number of nitrogen functional groups attached to an aromatic ring is 1. The molecule has 1 aromatic rings. The number of nitrogens with two attached hydrogens (primary N) is 1. The average molecular weight is 284 g/mol. The van der Waals surface area contributed by atoms with Crippen molar-refractivity contribution in [2.75, 3.05) is 12.3 Å². The molecule has 2 nitrogen and oxygen atoms in total. The van der Waals surface area contributed by atoms with Gasteiger partial charge in [0.1, 0.15) is 0 Å². The summed E-state index contributed by atoms with van der Waals surface area (Å²) in [5.41, 5.74) is 7.80. The van der Waals surface area contributed by atoms with Gasteiger partial charge in [0.2, 0.25) is 0 Å². The largest absolute Gasteiger partial charge is 0.398 e. The van der Waals surface area contributed by atoms with Crippen molar-refractivity contribution in [3.63, 3.8) is 0 Å². The summed E-state index contributed by atoms with van der Waals surface area (Å²) in [6.07, 6.45) is 5.40. The van der Waals surface area contributed by atoms with Gasteiger partial charge < -0.3 is 10.5 Å². The molecule has 1 aromatic carbocycles. The van der Waals surface area contributed by atoms with Gasteiger partial charge >= 0.3 is 0 Å². The first kappa shape index (κ1) is 11.9. The van der Waals surface area contributed by atoms with Crippen LogP contribution >= 0.6 is 15.9 Å². The summed E-state index contributed by atoms with van der Waals surface area (Å²) >= 11 is 3.40. The summed E-state index contributed by atoms with van der Waals surface area (Å²) in [4.78, 5) is 0. The van der Waals surface area contributed by atoms with Crippen LogP contribution in [0.3, 0.4) is 0 Å². The quantitative estimate of drug-likeness (QED) is 0.855. The highest BCUT2D eigenvalue weighted by Crippen LogP contribution is 2.25. The second-order valence-electron chi connectivity index (χ2n) is 4.51. The molecule has 0 aromatic heterocycles. The van der Waals surface area contributed by atoms with Crippen LogP contribution in [0.1, 0.15) is 31.2 Å². The number of rotatable bonds is 4. The Morgan fingerprint density at radius 2 is 2.06 bits per heavy atom. The van der Waals surface area contributed by atoms with E-state index in [4.69, 9.17) is 10.5 Å². The van der Waals surface area contributed by atoms with E-state index in [0.29, 0.717) is 6.61 Å². The Balaban J connectivity index is 1.80. The van der Waals surface area contributed by atoms with Crippen molar-refractivity contribution in [1.82, 2.24) is 0 Å². The second kappa shape index (κ2) is 5.69. The van der Waals surface area contributed by atoms with Crippen molar-refractivity contribution in [1.29, 1.82) is 0 Å². The van der Waals surface area contributed by atoms with Crippen LogP contribution in [-0.4, -0.2) is 6.61 Å². The molecule has 0 bridgehead atoms. The summed E-state index contributed by atoms with van der Waals surface area (Å²) < 4.78 is 6.75. The van der Waals surface area contributed by atoms with Gasteiger partial charge in [-0.15, -0.1) is 0 Å². The molecule has 0 amide bonds. The highest BCUT2D eigenvalue weighted by atomic mass is 79.9. The standard InChI is InChI=1S/C13H18BrNO/c14-12-6-5-11(13(15)7-12)9-16-8-10-3-1-2-4-10/h5-7,10H,1-4,8-9,15H2. The van der Waals surface area contributed by atoms with Crippen molar-refractivity contribution in [2.24, 2.45) is 5.92 Å². The van der Waals surface area contributed by atoms with E-state index in [0.717, 1.165) is 28.2 Å². The maximum absolute atomic E-state index is 5.91. The maximum atomic E-state index is 5.91. The first-order valence-corrected chi connectivity index (χ1v) is 6.66. The molecule has 0 spiro atoms. The first-order valence-electron chi connectivity index (χ1n) is 5.87. The van der Waals surface area contributed by atoms with Gasteiger partial charge in [-0.05, 0) is 30.9 Å². The number of halogens is 1. The van der Waals surface area contributed by atoms with E-state index in [2.05, 4.69) is 15.9 Å². The van der Waals surface area contributed by atoms with E-state index in [9.17, 15) is 0 Å². The zero-order valence-corrected chi connectivity index (χ0v) is 11.0. The van der Waals surface area contributed by atoms with Gasteiger partial charge in [0.25, 0.3) is 0 Å². The van der Waals surface area contributed by atoms with Crippen LogP contribution in [0, 0.1) is 5.92 Å². The Bertz CT molecular complexity index is 348. The van der Waals surface area contributed by atoms with Crippen LogP contribution in [-0.2, 0) is 11.3 Å². The molecule has 1 aliphatic carbocycles. The van der Waals surface area contributed by atoms with E-state index in [-0.39, 0.29) is 0 Å². The van der Waals surface area contributed by atoms with E-state index in [1.807, 2.05) is 18.2 Å². The minimum absolute atomic E-state index is 0.635. The van der Waals surface area contributed by atoms with E-state index < -0.39 is 0 Å². The molecule has 1 aliphatic rings. The van der Waals surface area contributed by atoms with Gasteiger partial charge in [-0.25, -0.2) is 0 Å². The number of hydrogen-bond donors (Lipinski definition) is 1. The fourth-order valence-corrected chi connectivity index (χ4v) is 2.59. The van der Waals surface area contributed by atoms with Crippen LogP contribution in [0.5, 0.6) is 0 Å². The zero-order chi connectivity index (χ0) is 11.4. The molecular weight excluding hydrogens is 266 g/mol. The summed E-state index contributed by atoms with van der Waals surface area (Å²) in [5.74, 6) is 0.775. The smallest absolute Gasteiger partial charge is 0.0737 e. The van der Waals surface area contributed by atoms with Crippen LogP contribution < -0.4 is 5.73 Å². The SMILES string of the molecule is Nc1cc(Br)ccc1COCC1CCCC1. The Hall–Kier alpha value is -0.540.